The molecule has 88 valence electrons. The molecular formula is C15H13N3. The van der Waals surface area contributed by atoms with Crippen molar-refractivity contribution in [1.82, 2.24) is 15.3 Å². The molecule has 3 heterocycles. The first-order valence-electron chi connectivity index (χ1n) is 5.93. The molecule has 0 saturated carbocycles. The van der Waals surface area contributed by atoms with E-state index in [2.05, 4.69) is 27.4 Å². The molecule has 2 aromatic rings. The summed E-state index contributed by atoms with van der Waals surface area (Å²) in [4.78, 5) is 8.70. The van der Waals surface area contributed by atoms with Gasteiger partial charge in [0.1, 0.15) is 0 Å². The summed E-state index contributed by atoms with van der Waals surface area (Å²) in [6.45, 7) is 0. The molecule has 3 rings (SSSR count). The fourth-order valence-corrected chi connectivity index (χ4v) is 1.92. The number of aromatic nitrogens is 2. The Morgan fingerprint density at radius 2 is 1.33 bits per heavy atom. The van der Waals surface area contributed by atoms with Crippen LogP contribution in [0.5, 0.6) is 0 Å². The van der Waals surface area contributed by atoms with E-state index in [1.54, 1.807) is 12.4 Å². The standard InChI is InChI=1S/C15H13N3/c1-3-10-16-12(6-1)14-8-5-9-15(18-14)13-7-2-4-11-17-13/h1-4,6-11,18H,5H2. The predicted molar refractivity (Wildman–Crippen MR) is 72.2 cm³/mol. The molecule has 0 atom stereocenters. The molecule has 0 radical (unpaired) electrons. The lowest BCUT2D eigenvalue weighted by Gasteiger charge is -2.17. The zero-order valence-corrected chi connectivity index (χ0v) is 9.88. The summed E-state index contributed by atoms with van der Waals surface area (Å²) in [5.41, 5.74) is 4.00. The van der Waals surface area contributed by atoms with Crippen LogP contribution in [-0.2, 0) is 0 Å². The number of hydrogen-bond acceptors (Lipinski definition) is 3. The topological polar surface area (TPSA) is 37.8 Å². The first kappa shape index (κ1) is 10.7. The van der Waals surface area contributed by atoms with Gasteiger partial charge in [0.2, 0.25) is 0 Å². The Bertz CT molecular complexity index is 532. The van der Waals surface area contributed by atoms with E-state index in [0.717, 1.165) is 29.2 Å². The molecule has 3 nitrogen and oxygen atoms in total. The zero-order valence-electron chi connectivity index (χ0n) is 9.88. The molecule has 18 heavy (non-hydrogen) atoms. The van der Waals surface area contributed by atoms with Gasteiger partial charge < -0.3 is 5.32 Å². The summed E-state index contributed by atoms with van der Waals surface area (Å²) < 4.78 is 0. The van der Waals surface area contributed by atoms with Crippen LogP contribution in [0.25, 0.3) is 11.4 Å². The van der Waals surface area contributed by atoms with Crippen molar-refractivity contribution in [2.24, 2.45) is 0 Å². The van der Waals surface area contributed by atoms with Gasteiger partial charge in [0.15, 0.2) is 0 Å². The van der Waals surface area contributed by atoms with Crippen LogP contribution in [-0.4, -0.2) is 9.97 Å². The highest BCUT2D eigenvalue weighted by molar-refractivity contribution is 5.76. The van der Waals surface area contributed by atoms with Crippen molar-refractivity contribution in [1.29, 1.82) is 0 Å². The number of pyridine rings is 2. The Hall–Kier alpha value is -2.42. The van der Waals surface area contributed by atoms with E-state index in [9.17, 15) is 0 Å². The summed E-state index contributed by atoms with van der Waals surface area (Å²) in [5.74, 6) is 0. The van der Waals surface area contributed by atoms with Crippen molar-refractivity contribution in [3.8, 4) is 0 Å². The van der Waals surface area contributed by atoms with E-state index in [1.807, 2.05) is 36.4 Å². The van der Waals surface area contributed by atoms with Crippen molar-refractivity contribution in [2.45, 2.75) is 6.42 Å². The van der Waals surface area contributed by atoms with Crippen LogP contribution in [0.2, 0.25) is 0 Å². The first-order chi connectivity index (χ1) is 8.93. The number of allylic oxidation sites excluding steroid dienone is 2. The van der Waals surface area contributed by atoms with Crippen LogP contribution < -0.4 is 5.32 Å². The number of nitrogens with one attached hydrogen (secondary N) is 1. The minimum absolute atomic E-state index is 0.894. The van der Waals surface area contributed by atoms with Gasteiger partial charge in [-0.2, -0.15) is 0 Å². The second-order valence-corrected chi connectivity index (χ2v) is 4.03. The summed E-state index contributed by atoms with van der Waals surface area (Å²) in [6, 6.07) is 11.8. The second-order valence-electron chi connectivity index (χ2n) is 4.03. The summed E-state index contributed by atoms with van der Waals surface area (Å²) >= 11 is 0. The number of dihydropyridines is 1. The minimum Gasteiger partial charge on any atom is -0.353 e. The highest BCUT2D eigenvalue weighted by Crippen LogP contribution is 2.20. The third kappa shape index (κ3) is 2.15. The highest BCUT2D eigenvalue weighted by Gasteiger charge is 2.10. The average molecular weight is 235 g/mol. The molecule has 0 amide bonds. The first-order valence-corrected chi connectivity index (χ1v) is 5.93. The molecular weight excluding hydrogens is 222 g/mol. The van der Waals surface area contributed by atoms with Gasteiger partial charge in [0.25, 0.3) is 0 Å². The van der Waals surface area contributed by atoms with Gasteiger partial charge in [-0.05, 0) is 30.7 Å². The molecule has 0 saturated heterocycles. The van der Waals surface area contributed by atoms with Gasteiger partial charge in [0, 0.05) is 12.4 Å². The molecule has 0 fully saturated rings. The van der Waals surface area contributed by atoms with E-state index in [4.69, 9.17) is 0 Å². The van der Waals surface area contributed by atoms with Crippen LogP contribution in [0.15, 0.2) is 60.9 Å². The molecule has 1 N–H and O–H groups in total. The maximum atomic E-state index is 4.35. The van der Waals surface area contributed by atoms with E-state index >= 15 is 0 Å². The minimum atomic E-state index is 0.894. The molecule has 0 aliphatic carbocycles. The normalized spacial score (nSPS) is 14.4. The lowest BCUT2D eigenvalue weighted by Crippen LogP contribution is -2.15. The zero-order chi connectivity index (χ0) is 12.2. The molecule has 0 unspecified atom stereocenters. The van der Waals surface area contributed by atoms with E-state index in [0.29, 0.717) is 0 Å². The maximum absolute atomic E-state index is 4.35. The molecule has 1 aliphatic rings. The third-order valence-corrected chi connectivity index (χ3v) is 2.79. The van der Waals surface area contributed by atoms with Gasteiger partial charge >= 0.3 is 0 Å². The van der Waals surface area contributed by atoms with Crippen molar-refractivity contribution >= 4 is 11.4 Å². The highest BCUT2D eigenvalue weighted by atomic mass is 15.0. The summed E-state index contributed by atoms with van der Waals surface area (Å²) in [6.07, 6.45) is 8.77. The SMILES string of the molecule is C1=C(c2ccccn2)NC(c2ccccn2)=CC1. The van der Waals surface area contributed by atoms with Crippen LogP contribution in [0, 0.1) is 0 Å². The molecule has 0 aromatic carbocycles. The molecule has 3 heteroatoms. The van der Waals surface area contributed by atoms with E-state index < -0.39 is 0 Å². The van der Waals surface area contributed by atoms with Crippen molar-refractivity contribution in [3.63, 3.8) is 0 Å². The van der Waals surface area contributed by atoms with Gasteiger partial charge in [-0.1, -0.05) is 24.3 Å². The van der Waals surface area contributed by atoms with Crippen LogP contribution in [0.1, 0.15) is 17.8 Å². The molecule has 0 bridgehead atoms. The van der Waals surface area contributed by atoms with Gasteiger partial charge in [0.05, 0.1) is 22.8 Å². The number of hydrogen-bond donors (Lipinski definition) is 1. The van der Waals surface area contributed by atoms with E-state index in [1.165, 1.54) is 0 Å². The lowest BCUT2D eigenvalue weighted by atomic mass is 10.1. The Morgan fingerprint density at radius 1 is 0.778 bits per heavy atom. The second kappa shape index (κ2) is 4.84. The lowest BCUT2D eigenvalue weighted by molar-refractivity contribution is 1.09. The van der Waals surface area contributed by atoms with Gasteiger partial charge in [-0.15, -0.1) is 0 Å². The average Bonchev–Trinajstić information content (AvgIpc) is 2.49. The van der Waals surface area contributed by atoms with Crippen molar-refractivity contribution < 1.29 is 0 Å². The fraction of sp³-hybridized carbons (Fsp3) is 0.0667. The van der Waals surface area contributed by atoms with Gasteiger partial charge in [-0.25, -0.2) is 0 Å². The number of nitrogens with zero attached hydrogens (tertiary/aromatic N) is 2. The Morgan fingerprint density at radius 3 is 1.78 bits per heavy atom. The Balaban J connectivity index is 1.85. The largest absolute Gasteiger partial charge is 0.353 e. The summed E-state index contributed by atoms with van der Waals surface area (Å²) in [5, 5.41) is 3.38. The van der Waals surface area contributed by atoms with Gasteiger partial charge in [-0.3, -0.25) is 9.97 Å². The Labute approximate surface area is 106 Å². The quantitative estimate of drug-likeness (QED) is 0.869. The van der Waals surface area contributed by atoms with Crippen molar-refractivity contribution in [3.05, 3.63) is 72.3 Å². The molecule has 1 aliphatic heterocycles. The van der Waals surface area contributed by atoms with Crippen LogP contribution >= 0.6 is 0 Å². The molecule has 0 spiro atoms. The summed E-state index contributed by atoms with van der Waals surface area (Å²) in [7, 11) is 0. The van der Waals surface area contributed by atoms with Crippen LogP contribution in [0.4, 0.5) is 0 Å². The smallest absolute Gasteiger partial charge is 0.0861 e. The molecule has 2 aromatic heterocycles. The Kier molecular flexibility index (Phi) is 2.88. The van der Waals surface area contributed by atoms with Crippen molar-refractivity contribution in [2.75, 3.05) is 0 Å². The monoisotopic (exact) mass is 235 g/mol. The maximum Gasteiger partial charge on any atom is 0.0861 e. The van der Waals surface area contributed by atoms with E-state index in [-0.39, 0.29) is 0 Å². The number of rotatable bonds is 2. The van der Waals surface area contributed by atoms with Crippen LogP contribution in [0.3, 0.4) is 0 Å². The fourth-order valence-electron chi connectivity index (χ4n) is 1.92. The predicted octanol–water partition coefficient (Wildman–Crippen LogP) is 2.85. The third-order valence-electron chi connectivity index (χ3n) is 2.79.